The lowest BCUT2D eigenvalue weighted by Crippen LogP contribution is -2.16. The topological polar surface area (TPSA) is 85.1 Å². The van der Waals surface area contributed by atoms with Gasteiger partial charge in [0.2, 0.25) is 0 Å². The minimum absolute atomic E-state index is 0.0146. The number of nitrogens with one attached hydrogen (secondary N) is 1. The molecule has 0 fully saturated rings. The largest absolute Gasteiger partial charge is 0.398 e. The Morgan fingerprint density at radius 2 is 2.10 bits per heavy atom. The number of rotatable bonds is 3. The van der Waals surface area contributed by atoms with Gasteiger partial charge in [-0.2, -0.15) is 0 Å². The summed E-state index contributed by atoms with van der Waals surface area (Å²) in [5.41, 5.74) is 5.32. The van der Waals surface area contributed by atoms with Gasteiger partial charge in [-0.05, 0) is 40.2 Å². The average molecular weight is 381 g/mol. The molecule has 2 aromatic rings. The number of anilines is 2. The van der Waals surface area contributed by atoms with Gasteiger partial charge in [-0.15, -0.1) is 0 Å². The van der Waals surface area contributed by atoms with Crippen LogP contribution in [0.5, 0.6) is 0 Å². The molecule has 0 bridgehead atoms. The lowest BCUT2D eigenvalue weighted by molar-refractivity contribution is 0.599. The van der Waals surface area contributed by atoms with E-state index in [9.17, 15) is 12.8 Å². The summed E-state index contributed by atoms with van der Waals surface area (Å²) >= 11 is 8.73. The van der Waals surface area contributed by atoms with Gasteiger partial charge in [0.15, 0.2) is 5.82 Å². The van der Waals surface area contributed by atoms with Gasteiger partial charge in [0.1, 0.15) is 10.7 Å². The van der Waals surface area contributed by atoms with Crippen molar-refractivity contribution in [3.8, 4) is 0 Å². The highest BCUT2D eigenvalue weighted by Crippen LogP contribution is 2.28. The molecule has 0 saturated heterocycles. The Balaban J connectivity index is 2.47. The summed E-state index contributed by atoms with van der Waals surface area (Å²) in [4.78, 5) is 3.54. The highest BCUT2D eigenvalue weighted by molar-refractivity contribution is 9.10. The van der Waals surface area contributed by atoms with E-state index in [1.54, 1.807) is 6.07 Å². The van der Waals surface area contributed by atoms with E-state index >= 15 is 0 Å². The minimum Gasteiger partial charge on any atom is -0.398 e. The molecule has 0 radical (unpaired) electrons. The number of hydrogen-bond acceptors (Lipinski definition) is 4. The fraction of sp³-hybridized carbons (Fsp3) is 0. The standard InChI is InChI=1S/C11H8BrClFN3O2S/c12-6-4-10(9(15)5-8(6)14)20(18,19)17-11-7(13)2-1-3-16-11/h1-5H,15H2,(H,16,17). The normalized spacial score (nSPS) is 11.3. The first-order chi connectivity index (χ1) is 9.31. The van der Waals surface area contributed by atoms with Gasteiger partial charge < -0.3 is 5.73 Å². The van der Waals surface area contributed by atoms with E-state index in [1.807, 2.05) is 0 Å². The van der Waals surface area contributed by atoms with Crippen LogP contribution >= 0.6 is 27.5 Å². The lowest BCUT2D eigenvalue weighted by atomic mass is 10.3. The van der Waals surface area contributed by atoms with Gasteiger partial charge in [-0.3, -0.25) is 4.72 Å². The molecule has 2 rings (SSSR count). The van der Waals surface area contributed by atoms with Gasteiger partial charge in [-0.1, -0.05) is 11.6 Å². The lowest BCUT2D eigenvalue weighted by Gasteiger charge is -2.11. The molecule has 106 valence electrons. The number of pyridine rings is 1. The van der Waals surface area contributed by atoms with E-state index in [2.05, 4.69) is 25.6 Å². The van der Waals surface area contributed by atoms with Crippen LogP contribution in [0.4, 0.5) is 15.9 Å². The van der Waals surface area contributed by atoms with Crippen LogP contribution < -0.4 is 10.5 Å². The van der Waals surface area contributed by atoms with Crippen molar-refractivity contribution in [2.45, 2.75) is 4.90 Å². The van der Waals surface area contributed by atoms with E-state index in [-0.39, 0.29) is 25.9 Å². The van der Waals surface area contributed by atoms with Crippen molar-refractivity contribution in [1.82, 2.24) is 4.98 Å². The second-order valence-corrected chi connectivity index (χ2v) is 6.66. The Labute approximate surface area is 128 Å². The van der Waals surface area contributed by atoms with E-state index in [1.165, 1.54) is 12.3 Å². The number of sulfonamides is 1. The molecule has 0 aliphatic heterocycles. The second kappa shape index (κ2) is 5.55. The Kier molecular flexibility index (Phi) is 4.17. The van der Waals surface area contributed by atoms with Gasteiger partial charge in [0.25, 0.3) is 10.0 Å². The van der Waals surface area contributed by atoms with Gasteiger partial charge in [0, 0.05) is 6.20 Å². The predicted molar refractivity (Wildman–Crippen MR) is 78.6 cm³/mol. The summed E-state index contributed by atoms with van der Waals surface area (Å²) in [5, 5.41) is 0.135. The maximum atomic E-state index is 13.3. The Morgan fingerprint density at radius 3 is 2.75 bits per heavy atom. The van der Waals surface area contributed by atoms with Crippen molar-refractivity contribution in [3.63, 3.8) is 0 Å². The third-order valence-corrected chi connectivity index (χ3v) is 4.64. The van der Waals surface area contributed by atoms with Crippen LogP contribution in [0.15, 0.2) is 39.8 Å². The van der Waals surface area contributed by atoms with E-state index in [4.69, 9.17) is 17.3 Å². The van der Waals surface area contributed by atoms with Crippen molar-refractivity contribution in [2.24, 2.45) is 0 Å². The van der Waals surface area contributed by atoms with Crippen LogP contribution in [0.1, 0.15) is 0 Å². The Hall–Kier alpha value is -1.38. The maximum absolute atomic E-state index is 13.3. The van der Waals surface area contributed by atoms with Crippen molar-refractivity contribution in [3.05, 3.63) is 45.8 Å². The molecule has 3 N–H and O–H groups in total. The van der Waals surface area contributed by atoms with Crippen molar-refractivity contribution in [2.75, 3.05) is 10.5 Å². The molecule has 1 aromatic heterocycles. The molecule has 0 aliphatic rings. The summed E-state index contributed by atoms with van der Waals surface area (Å²) in [6, 6.07) is 5.03. The molecule has 9 heteroatoms. The summed E-state index contributed by atoms with van der Waals surface area (Å²) < 4.78 is 39.9. The van der Waals surface area contributed by atoms with E-state index in [0.29, 0.717) is 0 Å². The van der Waals surface area contributed by atoms with Crippen LogP contribution in [0.3, 0.4) is 0 Å². The molecule has 1 heterocycles. The zero-order valence-corrected chi connectivity index (χ0v) is 12.9. The smallest absolute Gasteiger partial charge is 0.265 e. The van der Waals surface area contributed by atoms with Crippen molar-refractivity contribution in [1.29, 1.82) is 0 Å². The fourth-order valence-electron chi connectivity index (χ4n) is 1.42. The first-order valence-electron chi connectivity index (χ1n) is 5.19. The number of halogens is 3. The second-order valence-electron chi connectivity index (χ2n) is 3.74. The number of nitrogen functional groups attached to an aromatic ring is 1. The molecule has 5 nitrogen and oxygen atoms in total. The van der Waals surface area contributed by atoms with Crippen LogP contribution in [-0.4, -0.2) is 13.4 Å². The summed E-state index contributed by atoms with van der Waals surface area (Å²) in [6.45, 7) is 0. The number of aromatic nitrogens is 1. The number of benzene rings is 1. The van der Waals surface area contributed by atoms with Crippen LogP contribution in [-0.2, 0) is 10.0 Å². The molecule has 0 unspecified atom stereocenters. The first kappa shape index (κ1) is 15.0. The summed E-state index contributed by atoms with van der Waals surface area (Å²) in [7, 11) is -4.02. The third-order valence-electron chi connectivity index (χ3n) is 2.33. The number of nitrogens with zero attached hydrogens (tertiary/aromatic N) is 1. The van der Waals surface area contributed by atoms with E-state index < -0.39 is 15.8 Å². The molecule has 20 heavy (non-hydrogen) atoms. The van der Waals surface area contributed by atoms with Crippen molar-refractivity contribution >= 4 is 49.1 Å². The number of hydrogen-bond donors (Lipinski definition) is 2. The molecule has 0 amide bonds. The third kappa shape index (κ3) is 3.02. The summed E-state index contributed by atoms with van der Waals surface area (Å²) in [6.07, 6.45) is 1.38. The van der Waals surface area contributed by atoms with Crippen LogP contribution in [0.25, 0.3) is 0 Å². The van der Waals surface area contributed by atoms with Crippen molar-refractivity contribution < 1.29 is 12.8 Å². The average Bonchev–Trinajstić information content (AvgIpc) is 2.36. The van der Waals surface area contributed by atoms with E-state index in [0.717, 1.165) is 12.1 Å². The molecular weight excluding hydrogens is 373 g/mol. The predicted octanol–water partition coefficient (Wildman–Crippen LogP) is 3.02. The molecule has 0 saturated carbocycles. The zero-order chi connectivity index (χ0) is 14.9. The maximum Gasteiger partial charge on any atom is 0.265 e. The van der Waals surface area contributed by atoms with Gasteiger partial charge in [-0.25, -0.2) is 17.8 Å². The van der Waals surface area contributed by atoms with Crippen LogP contribution in [0.2, 0.25) is 5.02 Å². The fourth-order valence-corrected chi connectivity index (χ4v) is 3.31. The molecule has 0 spiro atoms. The van der Waals surface area contributed by atoms with Crippen LogP contribution in [0, 0.1) is 5.82 Å². The molecule has 0 atom stereocenters. The number of nitrogens with two attached hydrogens (primary N) is 1. The minimum atomic E-state index is -4.02. The SMILES string of the molecule is Nc1cc(F)c(Br)cc1S(=O)(=O)Nc1ncccc1Cl. The Bertz CT molecular complexity index is 770. The molecular formula is C11H8BrClFN3O2S. The zero-order valence-electron chi connectivity index (χ0n) is 9.77. The molecule has 0 aliphatic carbocycles. The summed E-state index contributed by atoms with van der Waals surface area (Å²) in [5.74, 6) is -0.689. The molecule has 1 aromatic carbocycles. The quantitative estimate of drug-likeness (QED) is 0.802. The van der Waals surface area contributed by atoms with Gasteiger partial charge in [0.05, 0.1) is 15.2 Å². The monoisotopic (exact) mass is 379 g/mol. The highest BCUT2D eigenvalue weighted by Gasteiger charge is 2.21. The first-order valence-corrected chi connectivity index (χ1v) is 7.84. The Morgan fingerprint density at radius 1 is 1.40 bits per heavy atom. The van der Waals surface area contributed by atoms with Gasteiger partial charge >= 0.3 is 0 Å². The highest BCUT2D eigenvalue weighted by atomic mass is 79.9.